The van der Waals surface area contributed by atoms with Gasteiger partial charge in [0.25, 0.3) is 0 Å². The van der Waals surface area contributed by atoms with Crippen molar-refractivity contribution in [3.8, 4) is 5.88 Å². The molecule has 1 saturated carbocycles. The number of ether oxygens (including phenoxy) is 1. The molecular weight excluding hydrogens is 384 g/mol. The van der Waals surface area contributed by atoms with Crippen molar-refractivity contribution < 1.29 is 4.74 Å². The molecule has 1 aromatic heterocycles. The summed E-state index contributed by atoms with van der Waals surface area (Å²) in [6.07, 6.45) is 9.72. The maximum Gasteiger partial charge on any atom is 0.220 e. The Kier molecular flexibility index (Phi) is 6.47. The number of hydrogen-bond donors (Lipinski definition) is 0. The van der Waals surface area contributed by atoms with E-state index in [1.54, 1.807) is 18.5 Å². The van der Waals surface area contributed by atoms with E-state index in [1.807, 2.05) is 42.6 Å². The lowest BCUT2D eigenvalue weighted by molar-refractivity contribution is 0.284. The topological polar surface area (TPSA) is 59.7 Å². The lowest BCUT2D eigenvalue weighted by Gasteiger charge is -2.23. The maximum absolute atomic E-state index is 6.04. The fraction of sp³-hybridized carbons (Fsp3) is 0.304. The highest BCUT2D eigenvalue weighted by atomic mass is 35.5. The Bertz CT molecular complexity index is 951. The van der Waals surface area contributed by atoms with Gasteiger partial charge in [-0.05, 0) is 60.7 Å². The van der Waals surface area contributed by atoms with Gasteiger partial charge in [-0.1, -0.05) is 43.0 Å². The summed E-state index contributed by atoms with van der Waals surface area (Å²) in [7, 11) is 0. The van der Waals surface area contributed by atoms with Crippen LogP contribution in [0.4, 0.5) is 11.4 Å². The zero-order valence-corrected chi connectivity index (χ0v) is 16.9. The van der Waals surface area contributed by atoms with Crippen LogP contribution in [-0.2, 0) is 6.61 Å². The van der Waals surface area contributed by atoms with Crippen molar-refractivity contribution in [2.75, 3.05) is 0 Å². The molecule has 2 aromatic carbocycles. The van der Waals surface area contributed by atoms with Crippen LogP contribution in [0, 0.1) is 0 Å². The van der Waals surface area contributed by atoms with E-state index in [1.165, 1.54) is 32.1 Å². The Morgan fingerprint density at radius 3 is 2.24 bits per heavy atom. The van der Waals surface area contributed by atoms with Crippen molar-refractivity contribution in [2.24, 2.45) is 10.2 Å². The van der Waals surface area contributed by atoms with E-state index in [0.29, 0.717) is 23.4 Å². The van der Waals surface area contributed by atoms with Gasteiger partial charge in [0.2, 0.25) is 5.88 Å². The van der Waals surface area contributed by atoms with Gasteiger partial charge in [0.15, 0.2) is 0 Å². The first-order chi connectivity index (χ1) is 14.3. The van der Waals surface area contributed by atoms with Crippen LogP contribution in [0.5, 0.6) is 5.88 Å². The highest BCUT2D eigenvalue weighted by molar-refractivity contribution is 6.30. The van der Waals surface area contributed by atoms with E-state index in [0.717, 1.165) is 22.5 Å². The number of hydrogen-bond acceptors (Lipinski definition) is 5. The van der Waals surface area contributed by atoms with Crippen LogP contribution >= 0.6 is 11.6 Å². The molecule has 0 radical (unpaired) electrons. The molecule has 1 aliphatic rings. The molecule has 0 unspecified atom stereocenters. The second-order valence-corrected chi connectivity index (χ2v) is 7.69. The first-order valence-electron chi connectivity index (χ1n) is 9.97. The molecule has 5 nitrogen and oxygen atoms in total. The minimum atomic E-state index is 0.464. The molecule has 29 heavy (non-hydrogen) atoms. The van der Waals surface area contributed by atoms with E-state index in [2.05, 4.69) is 20.2 Å². The number of rotatable bonds is 6. The van der Waals surface area contributed by atoms with Gasteiger partial charge < -0.3 is 4.74 Å². The Balaban J connectivity index is 1.38. The molecule has 0 atom stereocenters. The highest BCUT2D eigenvalue weighted by Crippen LogP contribution is 2.36. The monoisotopic (exact) mass is 406 g/mol. The summed E-state index contributed by atoms with van der Waals surface area (Å²) in [6, 6.07) is 15.1. The third kappa shape index (κ3) is 5.39. The van der Waals surface area contributed by atoms with Crippen molar-refractivity contribution in [3.63, 3.8) is 0 Å². The first kappa shape index (κ1) is 19.5. The van der Waals surface area contributed by atoms with Crippen molar-refractivity contribution >= 4 is 23.0 Å². The average Bonchev–Trinajstić information content (AvgIpc) is 2.79. The Morgan fingerprint density at radius 1 is 0.897 bits per heavy atom. The molecule has 0 bridgehead atoms. The molecule has 0 aliphatic heterocycles. The van der Waals surface area contributed by atoms with Crippen molar-refractivity contribution in [1.29, 1.82) is 0 Å². The van der Waals surface area contributed by atoms with Gasteiger partial charge >= 0.3 is 0 Å². The van der Waals surface area contributed by atoms with Crippen LogP contribution in [0.3, 0.4) is 0 Å². The zero-order valence-electron chi connectivity index (χ0n) is 16.2. The van der Waals surface area contributed by atoms with Gasteiger partial charge in [-0.15, -0.1) is 0 Å². The van der Waals surface area contributed by atoms with Gasteiger partial charge in [0.05, 0.1) is 11.4 Å². The summed E-state index contributed by atoms with van der Waals surface area (Å²) < 4.78 is 6.04. The predicted molar refractivity (Wildman–Crippen MR) is 114 cm³/mol. The number of aromatic nitrogens is 2. The molecule has 4 rings (SSSR count). The molecule has 0 N–H and O–H groups in total. The molecule has 0 spiro atoms. The molecule has 1 aliphatic carbocycles. The fourth-order valence-corrected chi connectivity index (χ4v) is 3.70. The third-order valence-corrected chi connectivity index (χ3v) is 5.42. The number of azo groups is 1. The second kappa shape index (κ2) is 9.61. The predicted octanol–water partition coefficient (Wildman–Crippen LogP) is 7.17. The summed E-state index contributed by atoms with van der Waals surface area (Å²) in [4.78, 5) is 8.60. The molecule has 1 heterocycles. The van der Waals surface area contributed by atoms with Gasteiger partial charge in [0, 0.05) is 16.8 Å². The van der Waals surface area contributed by atoms with Crippen molar-refractivity contribution in [1.82, 2.24) is 9.97 Å². The van der Waals surface area contributed by atoms with Crippen LogP contribution in [0.1, 0.15) is 49.1 Å². The van der Waals surface area contributed by atoms with Crippen LogP contribution in [-0.4, -0.2) is 9.97 Å². The van der Waals surface area contributed by atoms with E-state index >= 15 is 0 Å². The minimum Gasteiger partial charge on any atom is -0.473 e. The maximum atomic E-state index is 6.04. The lowest BCUT2D eigenvalue weighted by atomic mass is 9.85. The molecule has 6 heteroatoms. The van der Waals surface area contributed by atoms with Gasteiger partial charge in [0.1, 0.15) is 12.9 Å². The lowest BCUT2D eigenvalue weighted by Crippen LogP contribution is -2.09. The van der Waals surface area contributed by atoms with Crippen LogP contribution in [0.15, 0.2) is 71.3 Å². The Hall–Kier alpha value is -2.79. The van der Waals surface area contributed by atoms with E-state index < -0.39 is 0 Å². The summed E-state index contributed by atoms with van der Waals surface area (Å²) in [5.41, 5.74) is 3.75. The van der Waals surface area contributed by atoms with Gasteiger partial charge in [-0.25, -0.2) is 9.97 Å². The van der Waals surface area contributed by atoms with E-state index in [4.69, 9.17) is 16.3 Å². The largest absolute Gasteiger partial charge is 0.473 e. The Morgan fingerprint density at radius 2 is 1.55 bits per heavy atom. The smallest absolute Gasteiger partial charge is 0.220 e. The zero-order chi connectivity index (χ0) is 19.9. The molecule has 0 saturated heterocycles. The number of benzene rings is 2. The van der Waals surface area contributed by atoms with Crippen LogP contribution < -0.4 is 4.74 Å². The molecular formula is C23H23ClN4O. The summed E-state index contributed by atoms with van der Waals surface area (Å²) in [5, 5.41) is 9.17. The Labute approximate surface area is 175 Å². The minimum absolute atomic E-state index is 0.464. The van der Waals surface area contributed by atoms with Gasteiger partial charge in [-0.2, -0.15) is 10.2 Å². The summed E-state index contributed by atoms with van der Waals surface area (Å²) >= 11 is 5.88. The molecule has 1 fully saturated rings. The fourth-order valence-electron chi connectivity index (χ4n) is 3.58. The van der Waals surface area contributed by atoms with Crippen molar-refractivity contribution in [3.05, 3.63) is 77.2 Å². The standard InChI is InChI=1S/C23H23ClN4O/c24-19-8-12-21(13-9-19)28-27-20-10-6-17(7-11-20)15-29-23-22(14-25-16-26-23)18-4-2-1-3-5-18/h6-14,16,18H,1-5,15H2. The van der Waals surface area contributed by atoms with Crippen LogP contribution in [0.25, 0.3) is 0 Å². The average molecular weight is 407 g/mol. The quantitative estimate of drug-likeness (QED) is 0.407. The second-order valence-electron chi connectivity index (χ2n) is 7.25. The van der Waals surface area contributed by atoms with Gasteiger partial charge in [-0.3, -0.25) is 0 Å². The summed E-state index contributed by atoms with van der Waals surface area (Å²) in [5.74, 6) is 1.22. The highest BCUT2D eigenvalue weighted by Gasteiger charge is 2.20. The third-order valence-electron chi connectivity index (χ3n) is 5.17. The first-order valence-corrected chi connectivity index (χ1v) is 10.3. The van der Waals surface area contributed by atoms with Crippen molar-refractivity contribution in [2.45, 2.75) is 44.6 Å². The molecule has 3 aromatic rings. The SMILES string of the molecule is Clc1ccc(N=Nc2ccc(COc3ncncc3C3CCCCC3)cc2)cc1. The molecule has 0 amide bonds. The van der Waals surface area contributed by atoms with E-state index in [9.17, 15) is 0 Å². The van der Waals surface area contributed by atoms with Crippen LogP contribution in [0.2, 0.25) is 5.02 Å². The normalized spacial score (nSPS) is 14.9. The molecule has 148 valence electrons. The van der Waals surface area contributed by atoms with E-state index in [-0.39, 0.29) is 0 Å². The summed E-state index contributed by atoms with van der Waals surface area (Å²) in [6.45, 7) is 0.464. The number of halogens is 1. The number of nitrogens with zero attached hydrogens (tertiary/aromatic N) is 4.